The van der Waals surface area contributed by atoms with Crippen LogP contribution in [-0.2, 0) is 9.47 Å². The Labute approximate surface area is 164 Å². The van der Waals surface area contributed by atoms with Crippen LogP contribution in [0, 0.1) is 0 Å². The number of hydrogen-bond donors (Lipinski definition) is 2. The first-order valence-corrected chi connectivity index (χ1v) is 9.65. The molecule has 1 aromatic carbocycles. The van der Waals surface area contributed by atoms with E-state index in [-0.39, 0.29) is 18.0 Å². The zero-order chi connectivity index (χ0) is 19.5. The number of carbonyl (C=O) groups is 2. The average Bonchev–Trinajstić information content (AvgIpc) is 3.48. The fraction of sp³-hybridized carbons (Fsp3) is 0.429. The quantitative estimate of drug-likeness (QED) is 0.773. The minimum atomic E-state index is -0.409. The Balaban J connectivity index is 1.41. The van der Waals surface area contributed by atoms with Crippen molar-refractivity contribution in [2.24, 2.45) is 0 Å². The lowest BCUT2D eigenvalue weighted by Crippen LogP contribution is -2.50. The van der Waals surface area contributed by atoms with Gasteiger partial charge in [0.1, 0.15) is 5.69 Å². The summed E-state index contributed by atoms with van der Waals surface area (Å²) >= 11 is 0. The first-order chi connectivity index (χ1) is 13.7. The number of aromatic nitrogens is 1. The molecule has 0 saturated carbocycles. The summed E-state index contributed by atoms with van der Waals surface area (Å²) in [6.45, 7) is 3.41. The third kappa shape index (κ3) is 3.81. The van der Waals surface area contributed by atoms with Crippen molar-refractivity contribution >= 4 is 11.9 Å². The van der Waals surface area contributed by atoms with Crippen molar-refractivity contribution < 1.29 is 19.1 Å². The third-order valence-electron chi connectivity index (χ3n) is 5.55. The second-order valence-electron chi connectivity index (χ2n) is 7.30. The third-order valence-corrected chi connectivity index (χ3v) is 5.55. The lowest BCUT2D eigenvalue weighted by Gasteiger charge is -2.27. The summed E-state index contributed by atoms with van der Waals surface area (Å²) in [7, 11) is 1.35. The van der Waals surface area contributed by atoms with Gasteiger partial charge in [-0.3, -0.25) is 9.69 Å². The molecule has 2 saturated heterocycles. The maximum atomic E-state index is 12.7. The Morgan fingerprint density at radius 3 is 2.61 bits per heavy atom. The van der Waals surface area contributed by atoms with E-state index in [0.29, 0.717) is 24.5 Å². The summed E-state index contributed by atoms with van der Waals surface area (Å²) < 4.78 is 10.3. The molecule has 2 aliphatic rings. The molecule has 2 aliphatic heterocycles. The Morgan fingerprint density at radius 1 is 1.14 bits per heavy atom. The standard InChI is InChI=1S/C21H25N3O4/c1-27-21(26)17-10-16(11-22-17)14-4-6-15(7-5-14)20(25)23-18-12-28-13-19(18)24-8-2-3-9-24/h4-7,10-11,18-19,22H,2-3,8-9,12-13H2,1H3,(H,23,25)/t18-,19-/m0/s1. The molecule has 0 unspecified atom stereocenters. The molecule has 0 radical (unpaired) electrons. The maximum absolute atomic E-state index is 12.7. The number of carbonyl (C=O) groups excluding carboxylic acids is 2. The van der Waals surface area contributed by atoms with Gasteiger partial charge in [-0.1, -0.05) is 12.1 Å². The number of nitrogens with one attached hydrogen (secondary N) is 2. The number of ether oxygens (including phenoxy) is 2. The summed E-state index contributed by atoms with van der Waals surface area (Å²) in [4.78, 5) is 29.6. The van der Waals surface area contributed by atoms with E-state index < -0.39 is 5.97 Å². The van der Waals surface area contributed by atoms with Crippen molar-refractivity contribution in [1.29, 1.82) is 0 Å². The Kier molecular flexibility index (Phi) is 5.45. The van der Waals surface area contributed by atoms with Crippen molar-refractivity contribution in [3.8, 4) is 11.1 Å². The number of esters is 1. The molecule has 7 nitrogen and oxygen atoms in total. The highest BCUT2D eigenvalue weighted by molar-refractivity contribution is 5.95. The van der Waals surface area contributed by atoms with Crippen LogP contribution < -0.4 is 5.32 Å². The highest BCUT2D eigenvalue weighted by Crippen LogP contribution is 2.22. The van der Waals surface area contributed by atoms with Crippen LogP contribution in [0.2, 0.25) is 0 Å². The second-order valence-corrected chi connectivity index (χ2v) is 7.30. The van der Waals surface area contributed by atoms with Gasteiger partial charge in [-0.15, -0.1) is 0 Å². The number of nitrogens with zero attached hydrogens (tertiary/aromatic N) is 1. The van der Waals surface area contributed by atoms with Gasteiger partial charge >= 0.3 is 5.97 Å². The van der Waals surface area contributed by atoms with Crippen molar-refractivity contribution in [1.82, 2.24) is 15.2 Å². The molecule has 2 fully saturated rings. The summed E-state index contributed by atoms with van der Waals surface area (Å²) in [6, 6.07) is 9.38. The van der Waals surface area contributed by atoms with Gasteiger partial charge in [-0.05, 0) is 55.3 Å². The van der Waals surface area contributed by atoms with Gasteiger partial charge in [0.2, 0.25) is 0 Å². The first-order valence-electron chi connectivity index (χ1n) is 9.65. The van der Waals surface area contributed by atoms with Crippen molar-refractivity contribution in [3.05, 3.63) is 47.8 Å². The molecule has 28 heavy (non-hydrogen) atoms. The van der Waals surface area contributed by atoms with E-state index in [1.807, 2.05) is 12.1 Å². The normalized spacial score (nSPS) is 22.3. The number of likely N-dealkylation sites (tertiary alicyclic amines) is 1. The summed E-state index contributed by atoms with van der Waals surface area (Å²) in [6.07, 6.45) is 4.18. The van der Waals surface area contributed by atoms with Crippen LogP contribution in [0.4, 0.5) is 0 Å². The number of H-pyrrole nitrogens is 1. The molecule has 2 aromatic rings. The lowest BCUT2D eigenvalue weighted by atomic mass is 10.1. The summed E-state index contributed by atoms with van der Waals surface area (Å²) in [5.74, 6) is -0.496. The SMILES string of the molecule is COC(=O)c1cc(-c2ccc(C(=O)N[C@H]3COC[C@@H]3N3CCCC3)cc2)c[nH]1. The van der Waals surface area contributed by atoms with E-state index in [1.54, 1.807) is 24.4 Å². The zero-order valence-electron chi connectivity index (χ0n) is 15.9. The highest BCUT2D eigenvalue weighted by atomic mass is 16.5. The predicted octanol–water partition coefficient (Wildman–Crippen LogP) is 2.06. The molecule has 4 rings (SSSR count). The van der Waals surface area contributed by atoms with E-state index in [9.17, 15) is 9.59 Å². The topological polar surface area (TPSA) is 83.7 Å². The fourth-order valence-corrected chi connectivity index (χ4v) is 3.97. The molecule has 148 valence electrons. The van der Waals surface area contributed by atoms with E-state index in [4.69, 9.17) is 9.47 Å². The lowest BCUT2D eigenvalue weighted by molar-refractivity contribution is 0.0594. The van der Waals surface area contributed by atoms with Gasteiger partial charge in [0.15, 0.2) is 0 Å². The molecule has 1 amide bonds. The largest absolute Gasteiger partial charge is 0.464 e. The van der Waals surface area contributed by atoms with Crippen LogP contribution in [0.5, 0.6) is 0 Å². The zero-order valence-corrected chi connectivity index (χ0v) is 15.9. The molecule has 0 spiro atoms. The fourth-order valence-electron chi connectivity index (χ4n) is 3.97. The Morgan fingerprint density at radius 2 is 1.89 bits per heavy atom. The second kappa shape index (κ2) is 8.16. The van der Waals surface area contributed by atoms with Crippen LogP contribution in [0.1, 0.15) is 33.7 Å². The van der Waals surface area contributed by atoms with Crippen LogP contribution in [0.15, 0.2) is 36.5 Å². The van der Waals surface area contributed by atoms with E-state index in [2.05, 4.69) is 15.2 Å². The Hall–Kier alpha value is -2.64. The smallest absolute Gasteiger partial charge is 0.354 e. The minimum absolute atomic E-state index is 0.0255. The molecule has 0 aliphatic carbocycles. The van der Waals surface area contributed by atoms with Gasteiger partial charge in [-0.2, -0.15) is 0 Å². The van der Waals surface area contributed by atoms with Crippen LogP contribution in [0.3, 0.4) is 0 Å². The highest BCUT2D eigenvalue weighted by Gasteiger charge is 2.35. The Bertz CT molecular complexity index is 840. The number of benzene rings is 1. The maximum Gasteiger partial charge on any atom is 0.354 e. The van der Waals surface area contributed by atoms with Crippen LogP contribution in [-0.4, -0.2) is 67.3 Å². The van der Waals surface area contributed by atoms with Crippen LogP contribution >= 0.6 is 0 Å². The monoisotopic (exact) mass is 383 g/mol. The summed E-state index contributed by atoms with van der Waals surface area (Å²) in [5.41, 5.74) is 2.79. The summed E-state index contributed by atoms with van der Waals surface area (Å²) in [5, 5.41) is 3.14. The predicted molar refractivity (Wildman–Crippen MR) is 104 cm³/mol. The molecule has 3 heterocycles. The van der Waals surface area contributed by atoms with Crippen LogP contribution in [0.25, 0.3) is 11.1 Å². The van der Waals surface area contributed by atoms with Gasteiger partial charge in [-0.25, -0.2) is 4.79 Å². The minimum Gasteiger partial charge on any atom is -0.464 e. The number of rotatable bonds is 5. The molecule has 0 bridgehead atoms. The molecular formula is C21H25N3O4. The van der Waals surface area contributed by atoms with Crippen molar-refractivity contribution in [3.63, 3.8) is 0 Å². The first kappa shape index (κ1) is 18.7. The number of aromatic amines is 1. The van der Waals surface area contributed by atoms with E-state index in [1.165, 1.54) is 20.0 Å². The number of hydrogen-bond acceptors (Lipinski definition) is 5. The number of amides is 1. The molecule has 2 atom stereocenters. The molecule has 2 N–H and O–H groups in total. The molecular weight excluding hydrogens is 358 g/mol. The van der Waals surface area contributed by atoms with Gasteiger partial charge in [0.25, 0.3) is 5.91 Å². The molecule has 7 heteroatoms. The van der Waals surface area contributed by atoms with Crippen molar-refractivity contribution in [2.75, 3.05) is 33.4 Å². The molecule has 1 aromatic heterocycles. The van der Waals surface area contributed by atoms with E-state index >= 15 is 0 Å². The van der Waals surface area contributed by atoms with Gasteiger partial charge < -0.3 is 19.8 Å². The van der Waals surface area contributed by atoms with Crippen molar-refractivity contribution in [2.45, 2.75) is 24.9 Å². The van der Waals surface area contributed by atoms with Gasteiger partial charge in [0, 0.05) is 11.8 Å². The van der Waals surface area contributed by atoms with E-state index in [0.717, 1.165) is 24.2 Å². The number of methoxy groups -OCH3 is 1. The van der Waals surface area contributed by atoms with Gasteiger partial charge in [0.05, 0.1) is 32.4 Å². The average molecular weight is 383 g/mol.